The number of aromatic nitrogens is 2. The predicted octanol–water partition coefficient (Wildman–Crippen LogP) is 4.21. The maximum absolute atomic E-state index is 13.6. The summed E-state index contributed by atoms with van der Waals surface area (Å²) in [6.45, 7) is 1.61. The van der Waals surface area contributed by atoms with Crippen LogP contribution in [0.2, 0.25) is 5.02 Å². The molecule has 5 rings (SSSR count). The molecule has 2 aromatic heterocycles. The molecule has 1 aliphatic heterocycles. The highest BCUT2D eigenvalue weighted by molar-refractivity contribution is 7.89. The number of rotatable bonds is 6. The van der Waals surface area contributed by atoms with Gasteiger partial charge in [0.25, 0.3) is 5.91 Å². The van der Waals surface area contributed by atoms with Gasteiger partial charge in [-0.15, -0.1) is 0 Å². The fourth-order valence-corrected chi connectivity index (χ4v) is 6.41. The number of fused-ring (bicyclic) bond motifs is 1. The standard InChI is InChI=1S/C24H21ClN4O4S2/c25-19-5-8-21-22(14-19)34-24(27-21)29(16-17-2-1-9-26-15-17)23(30)18-3-6-20(7-4-18)35(31,32)28-10-12-33-13-11-28/h1-9,14-15H,10-13,16H2. The highest BCUT2D eigenvalue weighted by atomic mass is 35.5. The van der Waals surface area contributed by atoms with E-state index >= 15 is 0 Å². The lowest BCUT2D eigenvalue weighted by Crippen LogP contribution is -2.40. The molecule has 0 unspecified atom stereocenters. The number of sulfonamides is 1. The molecule has 1 amide bonds. The van der Waals surface area contributed by atoms with Crippen molar-refractivity contribution in [3.05, 3.63) is 83.1 Å². The maximum Gasteiger partial charge on any atom is 0.260 e. The van der Waals surface area contributed by atoms with Crippen molar-refractivity contribution in [3.63, 3.8) is 0 Å². The summed E-state index contributed by atoms with van der Waals surface area (Å²) >= 11 is 7.50. The molecular formula is C24H21ClN4O4S2. The van der Waals surface area contributed by atoms with E-state index in [1.165, 1.54) is 39.9 Å². The summed E-state index contributed by atoms with van der Waals surface area (Å²) in [6, 6.07) is 15.1. The maximum atomic E-state index is 13.6. The summed E-state index contributed by atoms with van der Waals surface area (Å²) < 4.78 is 33.4. The van der Waals surface area contributed by atoms with Crippen LogP contribution in [0, 0.1) is 0 Å². The molecule has 8 nitrogen and oxygen atoms in total. The van der Waals surface area contributed by atoms with Crippen molar-refractivity contribution in [3.8, 4) is 0 Å². The van der Waals surface area contributed by atoms with E-state index in [1.54, 1.807) is 29.4 Å². The highest BCUT2D eigenvalue weighted by Gasteiger charge is 2.27. The third-order valence-electron chi connectivity index (χ3n) is 5.59. The van der Waals surface area contributed by atoms with Gasteiger partial charge in [0, 0.05) is 36.1 Å². The Morgan fingerprint density at radius 1 is 1.11 bits per heavy atom. The summed E-state index contributed by atoms with van der Waals surface area (Å²) in [5, 5.41) is 1.11. The average Bonchev–Trinajstić information content (AvgIpc) is 3.31. The minimum Gasteiger partial charge on any atom is -0.379 e. The molecule has 0 aliphatic carbocycles. The van der Waals surface area contributed by atoms with Crippen molar-refractivity contribution in [2.45, 2.75) is 11.4 Å². The number of morpholine rings is 1. The van der Waals surface area contributed by atoms with Gasteiger partial charge in [-0.25, -0.2) is 13.4 Å². The molecule has 35 heavy (non-hydrogen) atoms. The van der Waals surface area contributed by atoms with E-state index in [-0.39, 0.29) is 17.3 Å². The molecular weight excluding hydrogens is 508 g/mol. The molecule has 0 spiro atoms. The van der Waals surface area contributed by atoms with Gasteiger partial charge in [0.05, 0.1) is 34.9 Å². The van der Waals surface area contributed by atoms with E-state index < -0.39 is 10.0 Å². The van der Waals surface area contributed by atoms with Crippen molar-refractivity contribution >= 4 is 54.2 Å². The number of ether oxygens (including phenoxy) is 1. The summed E-state index contributed by atoms with van der Waals surface area (Å²) in [4.78, 5) is 24.1. The Labute approximate surface area is 211 Å². The van der Waals surface area contributed by atoms with Crippen molar-refractivity contribution in [2.24, 2.45) is 0 Å². The van der Waals surface area contributed by atoms with Crippen molar-refractivity contribution in [1.82, 2.24) is 14.3 Å². The van der Waals surface area contributed by atoms with Crippen molar-refractivity contribution < 1.29 is 17.9 Å². The Bertz CT molecular complexity index is 1450. The van der Waals surface area contributed by atoms with Gasteiger partial charge in [0.15, 0.2) is 5.13 Å². The van der Waals surface area contributed by atoms with E-state index in [0.29, 0.717) is 42.0 Å². The molecule has 0 atom stereocenters. The number of anilines is 1. The second kappa shape index (κ2) is 10.00. The smallest absolute Gasteiger partial charge is 0.260 e. The number of amides is 1. The van der Waals surface area contributed by atoms with E-state index in [9.17, 15) is 13.2 Å². The predicted molar refractivity (Wildman–Crippen MR) is 135 cm³/mol. The van der Waals surface area contributed by atoms with Crippen LogP contribution in [-0.2, 0) is 21.3 Å². The number of pyridine rings is 1. The highest BCUT2D eigenvalue weighted by Crippen LogP contribution is 2.32. The van der Waals surface area contributed by atoms with Gasteiger partial charge in [0.1, 0.15) is 0 Å². The molecule has 1 aliphatic rings. The van der Waals surface area contributed by atoms with Gasteiger partial charge in [-0.3, -0.25) is 14.7 Å². The number of carbonyl (C=O) groups is 1. The van der Waals surface area contributed by atoms with Crippen LogP contribution in [0.3, 0.4) is 0 Å². The molecule has 1 saturated heterocycles. The second-order valence-corrected chi connectivity index (χ2v) is 11.3. The van der Waals surface area contributed by atoms with E-state index in [0.717, 1.165) is 15.8 Å². The number of carbonyl (C=O) groups excluding carboxylic acids is 1. The minimum absolute atomic E-state index is 0.143. The Kier molecular flexibility index (Phi) is 6.81. The van der Waals surface area contributed by atoms with Crippen LogP contribution in [0.15, 0.2) is 71.9 Å². The van der Waals surface area contributed by atoms with Crippen LogP contribution < -0.4 is 4.90 Å². The van der Waals surface area contributed by atoms with E-state index in [2.05, 4.69) is 9.97 Å². The third kappa shape index (κ3) is 5.07. The summed E-state index contributed by atoms with van der Waals surface area (Å²) in [5.74, 6) is -0.297. The van der Waals surface area contributed by atoms with Gasteiger partial charge in [-0.2, -0.15) is 4.31 Å². The second-order valence-electron chi connectivity index (χ2n) is 7.90. The minimum atomic E-state index is -3.65. The van der Waals surface area contributed by atoms with Crippen LogP contribution in [-0.4, -0.2) is 54.9 Å². The zero-order valence-electron chi connectivity index (χ0n) is 18.5. The van der Waals surface area contributed by atoms with Crippen LogP contribution >= 0.6 is 22.9 Å². The van der Waals surface area contributed by atoms with Crippen molar-refractivity contribution in [2.75, 3.05) is 31.2 Å². The first-order chi connectivity index (χ1) is 16.9. The molecule has 0 saturated carbocycles. The number of halogens is 1. The van der Waals surface area contributed by atoms with Crippen LogP contribution in [0.1, 0.15) is 15.9 Å². The number of thiazole rings is 1. The molecule has 4 aromatic rings. The zero-order valence-corrected chi connectivity index (χ0v) is 20.9. The summed E-state index contributed by atoms with van der Waals surface area (Å²) in [6.07, 6.45) is 3.37. The topological polar surface area (TPSA) is 92.7 Å². The summed E-state index contributed by atoms with van der Waals surface area (Å²) in [5.41, 5.74) is 1.93. The monoisotopic (exact) mass is 528 g/mol. The first kappa shape index (κ1) is 23.8. The van der Waals surface area contributed by atoms with E-state index in [4.69, 9.17) is 16.3 Å². The Morgan fingerprint density at radius 2 is 1.89 bits per heavy atom. The fourth-order valence-electron chi connectivity index (χ4n) is 3.76. The molecule has 11 heteroatoms. The van der Waals surface area contributed by atoms with E-state index in [1.807, 2.05) is 18.2 Å². The third-order valence-corrected chi connectivity index (χ3v) is 8.78. The van der Waals surface area contributed by atoms with Gasteiger partial charge >= 0.3 is 0 Å². The number of hydrogen-bond acceptors (Lipinski definition) is 7. The molecule has 0 N–H and O–H groups in total. The lowest BCUT2D eigenvalue weighted by Gasteiger charge is -2.26. The lowest BCUT2D eigenvalue weighted by molar-refractivity contribution is 0.0730. The quantitative estimate of drug-likeness (QED) is 0.372. The summed E-state index contributed by atoms with van der Waals surface area (Å²) in [7, 11) is -3.65. The van der Waals surface area contributed by atoms with Gasteiger partial charge in [-0.1, -0.05) is 29.0 Å². The molecule has 0 bridgehead atoms. The van der Waals surface area contributed by atoms with Gasteiger partial charge < -0.3 is 4.74 Å². The lowest BCUT2D eigenvalue weighted by atomic mass is 10.2. The Hall–Kier alpha value is -2.89. The van der Waals surface area contributed by atoms with Crippen molar-refractivity contribution in [1.29, 1.82) is 0 Å². The Balaban J connectivity index is 1.47. The number of nitrogens with zero attached hydrogens (tertiary/aromatic N) is 4. The molecule has 3 heterocycles. The normalized spacial score (nSPS) is 14.8. The molecule has 2 aromatic carbocycles. The number of benzene rings is 2. The van der Waals surface area contributed by atoms with Crippen LogP contribution in [0.25, 0.3) is 10.2 Å². The molecule has 1 fully saturated rings. The largest absolute Gasteiger partial charge is 0.379 e. The first-order valence-electron chi connectivity index (χ1n) is 10.9. The zero-order chi connectivity index (χ0) is 24.4. The Morgan fingerprint density at radius 3 is 2.60 bits per heavy atom. The number of hydrogen-bond donors (Lipinski definition) is 0. The van der Waals surface area contributed by atoms with Crippen LogP contribution in [0.4, 0.5) is 5.13 Å². The average molecular weight is 529 g/mol. The molecule has 180 valence electrons. The van der Waals surface area contributed by atoms with Gasteiger partial charge in [-0.05, 0) is 54.1 Å². The van der Waals surface area contributed by atoms with Crippen LogP contribution in [0.5, 0.6) is 0 Å². The SMILES string of the molecule is O=C(c1ccc(S(=O)(=O)N2CCOCC2)cc1)N(Cc1cccnc1)c1nc2ccc(Cl)cc2s1. The fraction of sp³-hybridized carbons (Fsp3) is 0.208. The van der Waals surface area contributed by atoms with Gasteiger partial charge in [0.2, 0.25) is 10.0 Å². The first-order valence-corrected chi connectivity index (χ1v) is 13.5. The molecule has 0 radical (unpaired) electrons.